The third-order valence-corrected chi connectivity index (χ3v) is 10.5. The van der Waals surface area contributed by atoms with Crippen molar-refractivity contribution in [1.82, 2.24) is 14.9 Å². The molecule has 0 bridgehead atoms. The highest BCUT2D eigenvalue weighted by Gasteiger charge is 2.47. The maximum Gasteiger partial charge on any atom is 0.328 e. The van der Waals surface area contributed by atoms with Gasteiger partial charge >= 0.3 is 11.9 Å². The van der Waals surface area contributed by atoms with Crippen molar-refractivity contribution < 1.29 is 33.0 Å². The monoisotopic (exact) mass is 661 g/mol. The second-order valence-electron chi connectivity index (χ2n) is 11.8. The van der Waals surface area contributed by atoms with Gasteiger partial charge in [-0.15, -0.1) is 0 Å². The van der Waals surface area contributed by atoms with Gasteiger partial charge in [0.05, 0.1) is 5.75 Å². The highest BCUT2D eigenvalue weighted by atomic mass is 35.5. The Morgan fingerprint density at radius 2 is 1.71 bits per heavy atom. The van der Waals surface area contributed by atoms with Gasteiger partial charge in [-0.25, -0.2) is 22.7 Å². The van der Waals surface area contributed by atoms with E-state index in [1.165, 1.54) is 42.4 Å². The minimum absolute atomic E-state index is 0.0716. The number of fused-ring (bicyclic) bond motifs is 1. The van der Waals surface area contributed by atoms with Gasteiger partial charge < -0.3 is 25.2 Å². The molecular weight excluding hydrogens is 618 g/mol. The van der Waals surface area contributed by atoms with Crippen LogP contribution < -0.4 is 14.8 Å². The molecule has 10 nitrogen and oxygen atoms in total. The molecule has 1 aliphatic carbocycles. The van der Waals surface area contributed by atoms with Crippen LogP contribution in [-0.2, 0) is 31.4 Å². The Hall–Kier alpha value is -2.96. The van der Waals surface area contributed by atoms with Crippen molar-refractivity contribution in [3.63, 3.8) is 0 Å². The van der Waals surface area contributed by atoms with Gasteiger partial charge in [-0.2, -0.15) is 0 Å². The molecule has 0 radical (unpaired) electrons. The van der Waals surface area contributed by atoms with E-state index in [2.05, 4.69) is 39.2 Å². The average Bonchev–Trinajstić information content (AvgIpc) is 2.99. The lowest BCUT2D eigenvalue weighted by Crippen LogP contribution is -2.49. The van der Waals surface area contributed by atoms with E-state index in [1.807, 2.05) is 18.2 Å². The molecule has 5 rings (SSSR count). The zero-order chi connectivity index (χ0) is 32.3. The van der Waals surface area contributed by atoms with Crippen LogP contribution in [0.4, 0.5) is 0 Å². The van der Waals surface area contributed by atoms with Crippen molar-refractivity contribution in [3.05, 3.63) is 76.3 Å². The SMILES string of the molecule is O=C(O)C=CC(=O)O.O=S(=O)(CCCN1CCCCC1)NCCOc1ccc2c(c1)C(C1(c3ccc(Cl)cc3)CCC1)NCC2. The van der Waals surface area contributed by atoms with Crippen LogP contribution in [0.2, 0.25) is 5.02 Å². The number of halogens is 1. The molecule has 0 amide bonds. The van der Waals surface area contributed by atoms with Gasteiger partial charge in [-0.05, 0) is 106 Å². The second kappa shape index (κ2) is 16.6. The maximum absolute atomic E-state index is 12.4. The van der Waals surface area contributed by atoms with Gasteiger partial charge in [-0.1, -0.05) is 42.6 Å². The fourth-order valence-corrected chi connectivity index (χ4v) is 7.61. The zero-order valence-corrected chi connectivity index (χ0v) is 27.1. The summed E-state index contributed by atoms with van der Waals surface area (Å²) in [6.45, 7) is 4.61. The summed E-state index contributed by atoms with van der Waals surface area (Å²) in [5.41, 5.74) is 4.08. The van der Waals surface area contributed by atoms with Crippen molar-refractivity contribution in [1.29, 1.82) is 0 Å². The van der Waals surface area contributed by atoms with Crippen molar-refractivity contribution in [2.24, 2.45) is 0 Å². The largest absolute Gasteiger partial charge is 0.492 e. The van der Waals surface area contributed by atoms with E-state index in [0.29, 0.717) is 25.2 Å². The Morgan fingerprint density at radius 3 is 2.33 bits per heavy atom. The number of hydrogen-bond acceptors (Lipinski definition) is 7. The lowest BCUT2D eigenvalue weighted by atomic mass is 9.58. The van der Waals surface area contributed by atoms with Gasteiger partial charge in [0, 0.05) is 35.2 Å². The number of likely N-dealkylation sites (tertiary alicyclic amines) is 1. The molecule has 2 heterocycles. The Labute approximate surface area is 270 Å². The number of benzene rings is 2. The van der Waals surface area contributed by atoms with Crippen LogP contribution in [0, 0.1) is 0 Å². The standard InChI is InChI=1S/C29H40ClN3O3S.C4H4O4/c30-25-9-7-24(8-10-25)29(13-4-14-29)28-27-22-26(11-6-23(27)12-15-31-28)36-20-16-32-37(34,35)21-5-19-33-17-2-1-3-18-33;5-3(6)1-2-4(7)8/h6-11,22,28,31-32H,1-5,12-21H2;1-2H,(H,5,6)(H,7,8). The van der Waals surface area contributed by atoms with Gasteiger partial charge in [0.1, 0.15) is 12.4 Å². The molecule has 1 saturated heterocycles. The van der Waals surface area contributed by atoms with E-state index < -0.39 is 22.0 Å². The van der Waals surface area contributed by atoms with Crippen LogP contribution in [0.25, 0.3) is 0 Å². The first-order chi connectivity index (χ1) is 21.6. The number of aliphatic carboxylic acids is 2. The van der Waals surface area contributed by atoms with Crippen LogP contribution in [0.3, 0.4) is 0 Å². The summed E-state index contributed by atoms with van der Waals surface area (Å²) in [6, 6.07) is 14.9. The molecule has 4 N–H and O–H groups in total. The summed E-state index contributed by atoms with van der Waals surface area (Å²) in [6.07, 6.45) is 10.1. The molecule has 1 saturated carbocycles. The molecule has 1 atom stereocenters. The fourth-order valence-electron chi connectivity index (χ4n) is 6.44. The predicted molar refractivity (Wildman–Crippen MR) is 174 cm³/mol. The molecule has 2 fully saturated rings. The molecule has 2 aromatic carbocycles. The third-order valence-electron chi connectivity index (χ3n) is 8.79. The molecule has 246 valence electrons. The first-order valence-corrected chi connectivity index (χ1v) is 17.7. The molecule has 0 aromatic heterocycles. The van der Waals surface area contributed by atoms with Crippen LogP contribution in [-0.4, -0.2) is 80.6 Å². The molecule has 2 aliphatic heterocycles. The van der Waals surface area contributed by atoms with Gasteiger partial charge in [0.2, 0.25) is 10.0 Å². The third kappa shape index (κ3) is 10.3. The molecule has 2 aromatic rings. The summed E-state index contributed by atoms with van der Waals surface area (Å²) in [5, 5.41) is 20.2. The van der Waals surface area contributed by atoms with Crippen molar-refractivity contribution in [2.75, 3.05) is 45.1 Å². The number of ether oxygens (including phenoxy) is 1. The number of carboxylic acids is 2. The normalized spacial score (nSPS) is 19.5. The first-order valence-electron chi connectivity index (χ1n) is 15.7. The summed E-state index contributed by atoms with van der Waals surface area (Å²) in [7, 11) is -3.28. The Morgan fingerprint density at radius 1 is 1.02 bits per heavy atom. The molecular formula is C33H44ClN3O7S. The predicted octanol–water partition coefficient (Wildman–Crippen LogP) is 4.53. The van der Waals surface area contributed by atoms with Crippen molar-refractivity contribution in [2.45, 2.75) is 62.8 Å². The summed E-state index contributed by atoms with van der Waals surface area (Å²) < 4.78 is 33.6. The van der Waals surface area contributed by atoms with E-state index >= 15 is 0 Å². The number of nitrogens with zero attached hydrogens (tertiary/aromatic N) is 1. The summed E-state index contributed by atoms with van der Waals surface area (Å²) in [4.78, 5) is 21.5. The minimum atomic E-state index is -3.28. The number of piperidine rings is 1. The van der Waals surface area contributed by atoms with E-state index in [4.69, 9.17) is 26.6 Å². The van der Waals surface area contributed by atoms with Crippen LogP contribution >= 0.6 is 11.6 Å². The van der Waals surface area contributed by atoms with Crippen molar-refractivity contribution >= 4 is 33.6 Å². The van der Waals surface area contributed by atoms with E-state index in [-0.39, 0.29) is 23.8 Å². The van der Waals surface area contributed by atoms with Gasteiger partial charge in [0.25, 0.3) is 0 Å². The topological polar surface area (TPSA) is 145 Å². The number of carbonyl (C=O) groups is 2. The minimum Gasteiger partial charge on any atom is -0.492 e. The summed E-state index contributed by atoms with van der Waals surface area (Å²) in [5.74, 6) is -1.55. The molecule has 0 spiro atoms. The van der Waals surface area contributed by atoms with E-state index in [9.17, 15) is 18.0 Å². The number of hydrogen-bond donors (Lipinski definition) is 4. The lowest BCUT2D eigenvalue weighted by Gasteiger charge is -2.50. The number of sulfonamides is 1. The quantitative estimate of drug-likeness (QED) is 0.180. The average molecular weight is 662 g/mol. The number of rotatable bonds is 13. The molecule has 1 unspecified atom stereocenters. The molecule has 12 heteroatoms. The van der Waals surface area contributed by atoms with Crippen LogP contribution in [0.15, 0.2) is 54.6 Å². The highest BCUT2D eigenvalue weighted by molar-refractivity contribution is 7.89. The maximum atomic E-state index is 12.4. The zero-order valence-electron chi connectivity index (χ0n) is 25.5. The number of carboxylic acid groups (broad SMARTS) is 2. The van der Waals surface area contributed by atoms with Gasteiger partial charge in [-0.3, -0.25) is 0 Å². The smallest absolute Gasteiger partial charge is 0.328 e. The molecule has 3 aliphatic rings. The Balaban J connectivity index is 0.000000510. The number of nitrogens with one attached hydrogen (secondary N) is 2. The van der Waals surface area contributed by atoms with E-state index in [1.54, 1.807) is 0 Å². The van der Waals surface area contributed by atoms with Gasteiger partial charge in [0.15, 0.2) is 0 Å². The first kappa shape index (κ1) is 34.9. The highest BCUT2D eigenvalue weighted by Crippen LogP contribution is 2.53. The summed E-state index contributed by atoms with van der Waals surface area (Å²) >= 11 is 6.18. The van der Waals surface area contributed by atoms with Crippen molar-refractivity contribution in [3.8, 4) is 5.75 Å². The fraction of sp³-hybridized carbons (Fsp3) is 0.515. The van der Waals surface area contributed by atoms with E-state index in [0.717, 1.165) is 56.2 Å². The second-order valence-corrected chi connectivity index (χ2v) is 14.2. The van der Waals surface area contributed by atoms with Crippen LogP contribution in [0.5, 0.6) is 5.75 Å². The molecule has 45 heavy (non-hydrogen) atoms. The Kier molecular flexibility index (Phi) is 12.8. The lowest BCUT2D eigenvalue weighted by molar-refractivity contribution is -0.134. The van der Waals surface area contributed by atoms with Crippen LogP contribution in [0.1, 0.15) is 67.7 Å². The Bertz CT molecular complexity index is 1410.